The van der Waals surface area contributed by atoms with Gasteiger partial charge in [-0.3, -0.25) is 4.79 Å². The van der Waals surface area contributed by atoms with E-state index in [0.717, 1.165) is 5.39 Å². The van der Waals surface area contributed by atoms with Crippen LogP contribution in [0, 0.1) is 0 Å². The van der Waals surface area contributed by atoms with Crippen molar-refractivity contribution in [1.82, 2.24) is 9.97 Å². The standard InChI is InChI=1S/C15H13N3O5/c16-13-11(15(21)22-5-4-19)12(20)10(23-13)6-8-7-18-14-9(8)2-1-3-17-14/h1-3,6-7,19H,4-5,16H2,(H,17,18)/b10-6-. The number of esters is 1. The smallest absolute Gasteiger partial charge is 0.347 e. The molecule has 0 saturated carbocycles. The topological polar surface area (TPSA) is 128 Å². The summed E-state index contributed by atoms with van der Waals surface area (Å²) in [6.07, 6.45) is 4.78. The molecule has 0 spiro atoms. The number of hydrogen-bond donors (Lipinski definition) is 3. The number of nitrogens with two attached hydrogens (primary N) is 1. The molecule has 0 bridgehead atoms. The Kier molecular flexibility index (Phi) is 3.82. The molecule has 3 rings (SSSR count). The second-order valence-corrected chi connectivity index (χ2v) is 4.68. The molecule has 118 valence electrons. The quantitative estimate of drug-likeness (QED) is 0.418. The van der Waals surface area contributed by atoms with Gasteiger partial charge >= 0.3 is 5.97 Å². The number of carbonyl (C=O) groups is 2. The zero-order chi connectivity index (χ0) is 16.4. The van der Waals surface area contributed by atoms with Crippen molar-refractivity contribution in [3.63, 3.8) is 0 Å². The first-order chi connectivity index (χ1) is 11.1. The Morgan fingerprint density at radius 1 is 1.52 bits per heavy atom. The average Bonchev–Trinajstić information content (AvgIpc) is 3.07. The van der Waals surface area contributed by atoms with Gasteiger partial charge in [0.15, 0.2) is 11.3 Å². The number of aromatic amines is 1. The van der Waals surface area contributed by atoms with Crippen LogP contribution in [0.1, 0.15) is 5.56 Å². The molecule has 0 atom stereocenters. The molecule has 1 aliphatic rings. The van der Waals surface area contributed by atoms with Gasteiger partial charge in [0, 0.05) is 23.3 Å². The number of nitrogens with one attached hydrogen (secondary N) is 1. The minimum Gasteiger partial charge on any atom is -0.459 e. The number of Topliss-reactive ketones (excluding diaryl/α,β-unsaturated/α-hetero) is 1. The summed E-state index contributed by atoms with van der Waals surface area (Å²) >= 11 is 0. The van der Waals surface area contributed by atoms with E-state index >= 15 is 0 Å². The Hall–Kier alpha value is -3.13. The summed E-state index contributed by atoms with van der Waals surface area (Å²) in [7, 11) is 0. The molecule has 1 aliphatic heterocycles. The van der Waals surface area contributed by atoms with Crippen molar-refractivity contribution >= 4 is 28.9 Å². The summed E-state index contributed by atoms with van der Waals surface area (Å²) in [5.74, 6) is -1.99. The summed E-state index contributed by atoms with van der Waals surface area (Å²) in [4.78, 5) is 31.1. The van der Waals surface area contributed by atoms with Crippen molar-refractivity contribution in [3.8, 4) is 0 Å². The average molecular weight is 315 g/mol. The number of ketones is 1. The Morgan fingerprint density at radius 2 is 2.35 bits per heavy atom. The first-order valence-electron chi connectivity index (χ1n) is 6.76. The highest BCUT2D eigenvalue weighted by Gasteiger charge is 2.35. The fourth-order valence-electron chi connectivity index (χ4n) is 2.19. The molecule has 23 heavy (non-hydrogen) atoms. The van der Waals surface area contributed by atoms with E-state index in [9.17, 15) is 9.59 Å². The van der Waals surface area contributed by atoms with Crippen molar-refractivity contribution < 1.29 is 24.2 Å². The number of aliphatic hydroxyl groups excluding tert-OH is 1. The highest BCUT2D eigenvalue weighted by Crippen LogP contribution is 2.26. The third-order valence-corrected chi connectivity index (χ3v) is 3.22. The van der Waals surface area contributed by atoms with Gasteiger partial charge in [-0.05, 0) is 18.2 Å². The van der Waals surface area contributed by atoms with E-state index in [-0.39, 0.29) is 30.4 Å². The summed E-state index contributed by atoms with van der Waals surface area (Å²) in [6.45, 7) is -0.574. The number of H-pyrrole nitrogens is 1. The molecular weight excluding hydrogens is 302 g/mol. The lowest BCUT2D eigenvalue weighted by Crippen LogP contribution is -2.17. The molecule has 0 fully saturated rings. The van der Waals surface area contributed by atoms with Gasteiger partial charge in [0.25, 0.3) is 0 Å². The fraction of sp³-hybridized carbons (Fsp3) is 0.133. The number of ether oxygens (including phenoxy) is 2. The number of aromatic nitrogens is 2. The first kappa shape index (κ1) is 14.8. The maximum atomic E-state index is 12.3. The number of carbonyl (C=O) groups excluding carboxylic acids is 2. The van der Waals surface area contributed by atoms with E-state index in [1.807, 2.05) is 6.07 Å². The SMILES string of the molecule is NC1=C(C(=O)OCCO)C(=O)/C(=C/c2c[nH]c3ncccc23)O1. The monoisotopic (exact) mass is 315 g/mol. The number of rotatable bonds is 4. The molecule has 2 aromatic heterocycles. The number of pyridine rings is 1. The van der Waals surface area contributed by atoms with Gasteiger partial charge in [-0.25, -0.2) is 9.78 Å². The predicted molar refractivity (Wildman–Crippen MR) is 79.4 cm³/mol. The van der Waals surface area contributed by atoms with Gasteiger partial charge < -0.3 is 25.3 Å². The van der Waals surface area contributed by atoms with E-state index in [0.29, 0.717) is 11.2 Å². The number of aliphatic hydroxyl groups is 1. The molecule has 0 aliphatic carbocycles. The van der Waals surface area contributed by atoms with Crippen LogP contribution in [0.15, 0.2) is 41.7 Å². The van der Waals surface area contributed by atoms with Crippen LogP contribution >= 0.6 is 0 Å². The lowest BCUT2D eigenvalue weighted by atomic mass is 10.1. The Bertz CT molecular complexity index is 850. The van der Waals surface area contributed by atoms with Gasteiger partial charge in [0.2, 0.25) is 11.7 Å². The third-order valence-electron chi connectivity index (χ3n) is 3.22. The van der Waals surface area contributed by atoms with Crippen molar-refractivity contribution in [1.29, 1.82) is 0 Å². The van der Waals surface area contributed by atoms with Crippen molar-refractivity contribution in [2.75, 3.05) is 13.2 Å². The molecule has 0 unspecified atom stereocenters. The molecule has 3 heterocycles. The Balaban J connectivity index is 1.89. The third kappa shape index (κ3) is 2.67. The second-order valence-electron chi connectivity index (χ2n) is 4.68. The maximum absolute atomic E-state index is 12.3. The number of allylic oxidation sites excluding steroid dienone is 1. The van der Waals surface area contributed by atoms with Crippen LogP contribution in [0.5, 0.6) is 0 Å². The normalized spacial score (nSPS) is 16.2. The van der Waals surface area contributed by atoms with Crippen LogP contribution in [-0.2, 0) is 19.1 Å². The van der Waals surface area contributed by atoms with Gasteiger partial charge in [0.05, 0.1) is 6.61 Å². The van der Waals surface area contributed by atoms with Crippen LogP contribution in [0.25, 0.3) is 17.1 Å². The molecule has 2 aromatic rings. The number of nitrogens with zero attached hydrogens (tertiary/aromatic N) is 1. The van der Waals surface area contributed by atoms with E-state index in [2.05, 4.69) is 9.97 Å². The van der Waals surface area contributed by atoms with E-state index in [1.54, 1.807) is 18.5 Å². The lowest BCUT2D eigenvalue weighted by Gasteiger charge is -2.00. The predicted octanol–water partition coefficient (Wildman–Crippen LogP) is 0.209. The summed E-state index contributed by atoms with van der Waals surface area (Å²) in [5.41, 5.74) is 6.55. The minimum absolute atomic E-state index is 0.0804. The van der Waals surface area contributed by atoms with Crippen molar-refractivity contribution in [2.45, 2.75) is 0 Å². The van der Waals surface area contributed by atoms with Crippen LogP contribution in [0.4, 0.5) is 0 Å². The lowest BCUT2D eigenvalue weighted by molar-refractivity contribution is -0.141. The molecule has 8 nitrogen and oxygen atoms in total. The maximum Gasteiger partial charge on any atom is 0.347 e. The summed E-state index contributed by atoms with van der Waals surface area (Å²) in [6, 6.07) is 3.59. The number of fused-ring (bicyclic) bond motifs is 1. The van der Waals surface area contributed by atoms with E-state index in [4.69, 9.17) is 20.3 Å². The van der Waals surface area contributed by atoms with Gasteiger partial charge in [-0.15, -0.1) is 0 Å². The molecule has 0 radical (unpaired) electrons. The van der Waals surface area contributed by atoms with Gasteiger partial charge in [0.1, 0.15) is 12.3 Å². The molecule has 0 saturated heterocycles. The van der Waals surface area contributed by atoms with Crippen LogP contribution in [0.3, 0.4) is 0 Å². The van der Waals surface area contributed by atoms with E-state index in [1.165, 1.54) is 6.08 Å². The molecule has 8 heteroatoms. The van der Waals surface area contributed by atoms with Crippen molar-refractivity contribution in [3.05, 3.63) is 47.3 Å². The van der Waals surface area contributed by atoms with Crippen LogP contribution < -0.4 is 5.73 Å². The molecule has 0 amide bonds. The first-order valence-corrected chi connectivity index (χ1v) is 6.76. The minimum atomic E-state index is -0.925. The zero-order valence-electron chi connectivity index (χ0n) is 11.9. The molecule has 4 N–H and O–H groups in total. The highest BCUT2D eigenvalue weighted by atomic mass is 16.5. The fourth-order valence-corrected chi connectivity index (χ4v) is 2.19. The van der Waals surface area contributed by atoms with Crippen molar-refractivity contribution in [2.24, 2.45) is 5.73 Å². The summed E-state index contributed by atoms with van der Waals surface area (Å²) < 4.78 is 9.88. The zero-order valence-corrected chi connectivity index (χ0v) is 11.9. The molecule has 0 aromatic carbocycles. The van der Waals surface area contributed by atoms with E-state index < -0.39 is 11.8 Å². The van der Waals surface area contributed by atoms with Crippen LogP contribution in [-0.4, -0.2) is 40.0 Å². The van der Waals surface area contributed by atoms with Gasteiger partial charge in [-0.1, -0.05) is 0 Å². The Morgan fingerprint density at radius 3 is 3.13 bits per heavy atom. The summed E-state index contributed by atoms with van der Waals surface area (Å²) in [5, 5.41) is 9.45. The Labute approximate surface area is 130 Å². The molecular formula is C15H13N3O5. The largest absolute Gasteiger partial charge is 0.459 e. The second kappa shape index (κ2) is 5.93. The highest BCUT2D eigenvalue weighted by molar-refractivity contribution is 6.26. The van der Waals surface area contributed by atoms with Gasteiger partial charge in [-0.2, -0.15) is 0 Å². The number of hydrogen-bond acceptors (Lipinski definition) is 7. The van der Waals surface area contributed by atoms with Crippen LogP contribution in [0.2, 0.25) is 0 Å².